The van der Waals surface area contributed by atoms with Gasteiger partial charge in [0.2, 0.25) is 0 Å². The Morgan fingerprint density at radius 2 is 1.86 bits per heavy atom. The third-order valence-electron chi connectivity index (χ3n) is 4.13. The lowest BCUT2D eigenvalue weighted by Crippen LogP contribution is -2.42. The summed E-state index contributed by atoms with van der Waals surface area (Å²) in [6.45, 7) is 1.63. The van der Waals surface area contributed by atoms with Crippen LogP contribution in [0.15, 0.2) is 48.5 Å². The van der Waals surface area contributed by atoms with Crippen molar-refractivity contribution in [3.8, 4) is 11.5 Å². The van der Waals surface area contributed by atoms with E-state index in [0.717, 1.165) is 5.56 Å². The minimum atomic E-state index is -0.702. The van der Waals surface area contributed by atoms with E-state index in [9.17, 15) is 14.4 Å². The first-order chi connectivity index (χ1) is 14.0. The zero-order valence-corrected chi connectivity index (χ0v) is 16.0. The zero-order valence-electron chi connectivity index (χ0n) is 16.0. The molecule has 152 valence electrons. The van der Waals surface area contributed by atoms with E-state index in [4.69, 9.17) is 14.2 Å². The Bertz CT molecular complexity index is 898. The SMILES string of the molecule is Cc1cccc(C(=O)NCC(=O)OCC(=O)NC[C@H]2COc3ccccc3O2)c1. The lowest BCUT2D eigenvalue weighted by Gasteiger charge is -2.26. The molecule has 1 heterocycles. The molecule has 0 aliphatic carbocycles. The second kappa shape index (κ2) is 9.59. The smallest absolute Gasteiger partial charge is 0.325 e. The van der Waals surface area contributed by atoms with Crippen molar-refractivity contribution in [2.75, 3.05) is 26.3 Å². The highest BCUT2D eigenvalue weighted by molar-refractivity contribution is 5.96. The summed E-state index contributed by atoms with van der Waals surface area (Å²) >= 11 is 0. The number of hydrogen-bond donors (Lipinski definition) is 2. The van der Waals surface area contributed by atoms with E-state index in [1.807, 2.05) is 25.1 Å². The molecule has 8 nitrogen and oxygen atoms in total. The predicted octanol–water partition coefficient (Wildman–Crippen LogP) is 1.22. The Labute approximate surface area is 168 Å². The van der Waals surface area contributed by atoms with Crippen molar-refractivity contribution in [2.45, 2.75) is 13.0 Å². The van der Waals surface area contributed by atoms with Gasteiger partial charge in [-0.2, -0.15) is 0 Å². The highest BCUT2D eigenvalue weighted by Gasteiger charge is 2.21. The first-order valence-corrected chi connectivity index (χ1v) is 9.17. The second-order valence-electron chi connectivity index (χ2n) is 6.51. The molecule has 0 saturated heterocycles. The van der Waals surface area contributed by atoms with Crippen LogP contribution < -0.4 is 20.1 Å². The molecule has 2 aromatic rings. The summed E-state index contributed by atoms with van der Waals surface area (Å²) in [5.74, 6) is -0.270. The van der Waals surface area contributed by atoms with Gasteiger partial charge in [0.25, 0.3) is 11.8 Å². The lowest BCUT2D eigenvalue weighted by molar-refractivity contribution is -0.147. The van der Waals surface area contributed by atoms with Gasteiger partial charge in [-0.3, -0.25) is 14.4 Å². The molecule has 2 amide bonds. The Kier molecular flexibility index (Phi) is 6.67. The Balaban J connectivity index is 1.33. The first-order valence-electron chi connectivity index (χ1n) is 9.17. The maximum Gasteiger partial charge on any atom is 0.325 e. The third-order valence-corrected chi connectivity index (χ3v) is 4.13. The van der Waals surface area contributed by atoms with E-state index in [1.165, 1.54) is 0 Å². The number of aryl methyl sites for hydroxylation is 1. The van der Waals surface area contributed by atoms with Crippen molar-refractivity contribution in [3.63, 3.8) is 0 Å². The van der Waals surface area contributed by atoms with Crippen molar-refractivity contribution in [1.82, 2.24) is 10.6 Å². The number of amides is 2. The van der Waals surface area contributed by atoms with Crippen LogP contribution in [0.25, 0.3) is 0 Å². The number of fused-ring (bicyclic) bond motifs is 1. The summed E-state index contributed by atoms with van der Waals surface area (Å²) in [6, 6.07) is 14.3. The Morgan fingerprint density at radius 3 is 2.66 bits per heavy atom. The van der Waals surface area contributed by atoms with E-state index in [-0.39, 0.29) is 25.1 Å². The van der Waals surface area contributed by atoms with E-state index < -0.39 is 18.5 Å². The van der Waals surface area contributed by atoms with Gasteiger partial charge in [0, 0.05) is 5.56 Å². The molecule has 1 aliphatic rings. The van der Waals surface area contributed by atoms with Crippen LogP contribution in [0, 0.1) is 6.92 Å². The monoisotopic (exact) mass is 398 g/mol. The molecule has 8 heteroatoms. The number of esters is 1. The molecule has 2 N–H and O–H groups in total. The summed E-state index contributed by atoms with van der Waals surface area (Å²) < 4.78 is 16.2. The summed E-state index contributed by atoms with van der Waals surface area (Å²) in [5, 5.41) is 5.09. The van der Waals surface area contributed by atoms with E-state index in [2.05, 4.69) is 10.6 Å². The molecular formula is C21H22N2O6. The molecule has 1 atom stereocenters. The van der Waals surface area contributed by atoms with Crippen molar-refractivity contribution < 1.29 is 28.6 Å². The minimum Gasteiger partial charge on any atom is -0.486 e. The molecule has 2 aromatic carbocycles. The summed E-state index contributed by atoms with van der Waals surface area (Å²) in [7, 11) is 0. The van der Waals surface area contributed by atoms with Crippen LogP contribution in [-0.2, 0) is 14.3 Å². The van der Waals surface area contributed by atoms with Gasteiger partial charge in [0.15, 0.2) is 18.1 Å². The normalized spacial score (nSPS) is 14.6. The fraction of sp³-hybridized carbons (Fsp3) is 0.286. The topological polar surface area (TPSA) is 103 Å². The first kappa shape index (κ1) is 20.2. The number of carbonyl (C=O) groups excluding carboxylic acids is 3. The molecule has 1 aliphatic heterocycles. The van der Waals surface area contributed by atoms with Crippen molar-refractivity contribution in [1.29, 1.82) is 0 Å². The van der Waals surface area contributed by atoms with Crippen molar-refractivity contribution in [2.24, 2.45) is 0 Å². The molecule has 0 unspecified atom stereocenters. The quantitative estimate of drug-likeness (QED) is 0.680. The maximum atomic E-state index is 12.0. The molecule has 0 spiro atoms. The molecule has 0 aromatic heterocycles. The second-order valence-corrected chi connectivity index (χ2v) is 6.51. The number of benzene rings is 2. The van der Waals surface area contributed by atoms with Crippen LogP contribution in [-0.4, -0.2) is 50.2 Å². The minimum absolute atomic E-state index is 0.217. The lowest BCUT2D eigenvalue weighted by atomic mass is 10.1. The van der Waals surface area contributed by atoms with Gasteiger partial charge in [-0.1, -0.05) is 29.8 Å². The van der Waals surface area contributed by atoms with Crippen LogP contribution in [0.5, 0.6) is 11.5 Å². The molecule has 0 fully saturated rings. The molecular weight excluding hydrogens is 376 g/mol. The van der Waals surface area contributed by atoms with Gasteiger partial charge < -0.3 is 24.8 Å². The average Bonchev–Trinajstić information content (AvgIpc) is 2.74. The zero-order chi connectivity index (χ0) is 20.6. The standard InChI is InChI=1S/C21H22N2O6/c1-14-5-4-6-15(9-14)21(26)23-11-20(25)28-13-19(24)22-10-16-12-27-17-7-2-3-8-18(17)29-16/h2-9,16H,10-13H2,1H3,(H,22,24)(H,23,26)/t16-/m0/s1. The number of nitrogens with one attached hydrogen (secondary N) is 2. The molecule has 29 heavy (non-hydrogen) atoms. The maximum absolute atomic E-state index is 12.0. The fourth-order valence-electron chi connectivity index (χ4n) is 2.68. The van der Waals surface area contributed by atoms with Crippen LogP contribution in [0.1, 0.15) is 15.9 Å². The van der Waals surface area contributed by atoms with Gasteiger partial charge in [-0.05, 0) is 31.2 Å². The molecule has 3 rings (SSSR count). The highest BCUT2D eigenvalue weighted by atomic mass is 16.6. The van der Waals surface area contributed by atoms with Gasteiger partial charge in [-0.25, -0.2) is 0 Å². The van der Waals surface area contributed by atoms with Gasteiger partial charge >= 0.3 is 5.97 Å². The largest absolute Gasteiger partial charge is 0.486 e. The van der Waals surface area contributed by atoms with E-state index in [0.29, 0.717) is 23.7 Å². The number of carbonyl (C=O) groups is 3. The Hall–Kier alpha value is -3.55. The van der Waals surface area contributed by atoms with E-state index >= 15 is 0 Å². The number of hydrogen-bond acceptors (Lipinski definition) is 6. The van der Waals surface area contributed by atoms with Gasteiger partial charge in [0.05, 0.1) is 6.54 Å². The number of rotatable bonds is 7. The van der Waals surface area contributed by atoms with Gasteiger partial charge in [0.1, 0.15) is 19.3 Å². The third kappa shape index (κ3) is 5.97. The summed E-state index contributed by atoms with van der Waals surface area (Å²) in [6.07, 6.45) is -0.335. The number of ether oxygens (including phenoxy) is 3. The highest BCUT2D eigenvalue weighted by Crippen LogP contribution is 2.30. The van der Waals surface area contributed by atoms with Crippen LogP contribution >= 0.6 is 0 Å². The summed E-state index contributed by atoms with van der Waals surface area (Å²) in [4.78, 5) is 35.6. The molecule has 0 saturated carbocycles. The predicted molar refractivity (Wildman–Crippen MR) is 104 cm³/mol. The number of para-hydroxylation sites is 2. The van der Waals surface area contributed by atoms with E-state index in [1.54, 1.807) is 30.3 Å². The van der Waals surface area contributed by atoms with Crippen LogP contribution in [0.3, 0.4) is 0 Å². The fourth-order valence-corrected chi connectivity index (χ4v) is 2.68. The summed E-state index contributed by atoms with van der Waals surface area (Å²) in [5.41, 5.74) is 1.39. The Morgan fingerprint density at radius 1 is 1.07 bits per heavy atom. The van der Waals surface area contributed by atoms with Crippen LogP contribution in [0.4, 0.5) is 0 Å². The molecule has 0 bridgehead atoms. The van der Waals surface area contributed by atoms with Crippen molar-refractivity contribution in [3.05, 3.63) is 59.7 Å². The molecule has 0 radical (unpaired) electrons. The van der Waals surface area contributed by atoms with Crippen molar-refractivity contribution >= 4 is 17.8 Å². The average molecular weight is 398 g/mol. The van der Waals surface area contributed by atoms with Gasteiger partial charge in [-0.15, -0.1) is 0 Å². The van der Waals surface area contributed by atoms with Crippen LogP contribution in [0.2, 0.25) is 0 Å².